The zero-order valence-electron chi connectivity index (χ0n) is 6.21. The van der Waals surface area contributed by atoms with Crippen molar-refractivity contribution in [3.63, 3.8) is 0 Å². The van der Waals surface area contributed by atoms with Gasteiger partial charge < -0.3 is 0 Å². The quantitative estimate of drug-likeness (QED) is 0.330. The van der Waals surface area contributed by atoms with Crippen LogP contribution in [-0.2, 0) is 9.59 Å². The van der Waals surface area contributed by atoms with E-state index in [9.17, 15) is 9.59 Å². The van der Waals surface area contributed by atoms with Crippen LogP contribution in [0.2, 0.25) is 0 Å². The Morgan fingerprint density at radius 1 is 1.27 bits per heavy atom. The normalized spacial score (nSPS) is 9.36. The average molecular weight is 268 g/mol. The van der Waals surface area contributed by atoms with Gasteiger partial charge in [0.1, 0.15) is 0 Å². The second kappa shape index (κ2) is 7.60. The molecule has 0 N–H and O–H groups in total. The zero-order chi connectivity index (χ0) is 8.53. The molecular weight excluding hydrogens is 259 g/mol. The monoisotopic (exact) mass is 268 g/mol. The molecule has 0 radical (unpaired) electrons. The van der Waals surface area contributed by atoms with E-state index >= 15 is 0 Å². The molecule has 11 heavy (non-hydrogen) atoms. The first-order valence-electron chi connectivity index (χ1n) is 3.17. The van der Waals surface area contributed by atoms with E-state index in [-0.39, 0.29) is 0 Å². The number of halogens is 1. The number of isocyanates is 2. The Balaban J connectivity index is 3.88. The molecule has 0 atom stereocenters. The van der Waals surface area contributed by atoms with Crippen LogP contribution < -0.4 is 0 Å². The van der Waals surface area contributed by atoms with Crippen molar-refractivity contribution in [1.82, 2.24) is 0 Å². The van der Waals surface area contributed by atoms with Crippen LogP contribution in [0.5, 0.6) is 0 Å². The third-order valence-corrected chi connectivity index (χ3v) is 4.16. The number of alkyl halides is 1. The fourth-order valence-corrected chi connectivity index (χ4v) is 2.93. The van der Waals surface area contributed by atoms with Gasteiger partial charge in [0.25, 0.3) is 0 Å². The van der Waals surface area contributed by atoms with Gasteiger partial charge in [-0.3, -0.25) is 0 Å². The number of nitrogens with zero attached hydrogens (tertiary/aromatic N) is 2. The van der Waals surface area contributed by atoms with Gasteiger partial charge in [0.2, 0.25) is 0 Å². The molecule has 0 amide bonds. The number of rotatable bonds is 5. The predicted molar refractivity (Wildman–Crippen MR) is 50.0 cm³/mol. The summed E-state index contributed by atoms with van der Waals surface area (Å²) in [6.45, 7) is 2.03. The van der Waals surface area contributed by atoms with E-state index in [1.165, 1.54) is 12.2 Å². The van der Waals surface area contributed by atoms with Crippen LogP contribution in [0.1, 0.15) is 19.8 Å². The molecule has 0 saturated carbocycles. The van der Waals surface area contributed by atoms with Gasteiger partial charge in [-0.2, -0.15) is 0 Å². The third kappa shape index (κ3) is 5.91. The summed E-state index contributed by atoms with van der Waals surface area (Å²) in [5.41, 5.74) is 0. The first-order valence-corrected chi connectivity index (χ1v) is 6.62. The van der Waals surface area contributed by atoms with Crippen molar-refractivity contribution in [2.24, 2.45) is 6.41 Å². The van der Waals surface area contributed by atoms with Gasteiger partial charge in [-0.1, -0.05) is 0 Å². The molecule has 0 rings (SSSR count). The summed E-state index contributed by atoms with van der Waals surface area (Å²) in [6.07, 6.45) is 4.85. The maximum absolute atomic E-state index is 9.81. The van der Waals surface area contributed by atoms with Crippen molar-refractivity contribution in [2.75, 3.05) is 4.43 Å². The Morgan fingerprint density at radius 2 is 1.82 bits per heavy atom. The molecule has 5 heteroatoms. The van der Waals surface area contributed by atoms with Gasteiger partial charge in [-0.25, -0.2) is 0 Å². The summed E-state index contributed by atoms with van der Waals surface area (Å²) in [6, 6.07) is 0. The fraction of sp³-hybridized carbons (Fsp3) is 0.667. The van der Waals surface area contributed by atoms with E-state index in [1.54, 1.807) is 0 Å². The van der Waals surface area contributed by atoms with Gasteiger partial charge >= 0.3 is 72.7 Å². The molecule has 0 saturated heterocycles. The summed E-state index contributed by atoms with van der Waals surface area (Å²) in [5.74, 6) is 0. The van der Waals surface area contributed by atoms with E-state index in [2.05, 4.69) is 6.41 Å². The van der Waals surface area contributed by atoms with E-state index in [0.29, 0.717) is 0 Å². The van der Waals surface area contributed by atoms with Crippen molar-refractivity contribution >= 4 is 32.5 Å². The second-order valence-corrected chi connectivity index (χ2v) is 5.55. The molecule has 0 bridgehead atoms. The fourth-order valence-electron chi connectivity index (χ4n) is 0.436. The number of unbranched alkanes of at least 4 members (excludes halogenated alkanes) is 1. The van der Waals surface area contributed by atoms with Gasteiger partial charge in [-0.15, -0.1) is 0 Å². The molecule has 4 nitrogen and oxygen atoms in total. The zero-order valence-corrected chi connectivity index (χ0v) is 8.37. The Labute approximate surface area is 72.9 Å². The standard InChI is InChI=1S/C6H9IN2O2/c1-2-3-4-7(8-5-10)9-6-11/h2-4H2,1H3. The molecule has 62 valence electrons. The van der Waals surface area contributed by atoms with Crippen LogP contribution in [0.4, 0.5) is 0 Å². The van der Waals surface area contributed by atoms with Gasteiger partial charge in [0.15, 0.2) is 0 Å². The van der Waals surface area contributed by atoms with Crippen LogP contribution in [-0.4, -0.2) is 16.6 Å². The Hall–Kier alpha value is -0.510. The van der Waals surface area contributed by atoms with Crippen molar-refractivity contribution in [1.29, 1.82) is 0 Å². The topological polar surface area (TPSA) is 58.9 Å². The van der Waals surface area contributed by atoms with Crippen LogP contribution >= 0.6 is 20.4 Å². The minimum atomic E-state index is -2.01. The Bertz CT molecular complexity index is 177. The molecule has 0 spiro atoms. The van der Waals surface area contributed by atoms with E-state index in [0.717, 1.165) is 17.3 Å². The van der Waals surface area contributed by atoms with Crippen molar-refractivity contribution in [2.45, 2.75) is 19.8 Å². The SMILES string of the molecule is CCCCI(N=C=O)N=C=O. The minimum absolute atomic E-state index is 0.769. The molecule has 0 aromatic carbocycles. The molecule has 0 unspecified atom stereocenters. The van der Waals surface area contributed by atoms with Gasteiger partial charge in [-0.05, 0) is 0 Å². The van der Waals surface area contributed by atoms with Crippen LogP contribution in [0.15, 0.2) is 6.41 Å². The van der Waals surface area contributed by atoms with E-state index < -0.39 is 20.4 Å². The first kappa shape index (κ1) is 10.5. The summed E-state index contributed by atoms with van der Waals surface area (Å²) in [4.78, 5) is 19.6. The first-order chi connectivity index (χ1) is 5.35. The second-order valence-electron chi connectivity index (χ2n) is 1.71. The number of hydrogen-bond acceptors (Lipinski definition) is 4. The van der Waals surface area contributed by atoms with Crippen molar-refractivity contribution in [3.8, 4) is 0 Å². The van der Waals surface area contributed by atoms with E-state index in [1.807, 2.05) is 6.92 Å². The summed E-state index contributed by atoms with van der Waals surface area (Å²) >= 11 is -2.01. The summed E-state index contributed by atoms with van der Waals surface area (Å²) < 4.78 is 7.72. The molecule has 0 aromatic rings. The molecule has 0 aliphatic carbocycles. The van der Waals surface area contributed by atoms with Crippen molar-refractivity contribution in [3.05, 3.63) is 0 Å². The molecule has 0 aliphatic rings. The summed E-state index contributed by atoms with van der Waals surface area (Å²) in [7, 11) is 0. The predicted octanol–water partition coefficient (Wildman–Crippen LogP) is 1.79. The Kier molecular flexibility index (Phi) is 7.24. The molecule has 0 fully saturated rings. The third-order valence-electron chi connectivity index (χ3n) is 0.920. The van der Waals surface area contributed by atoms with Crippen LogP contribution in [0.3, 0.4) is 0 Å². The molecule has 0 heterocycles. The average Bonchev–Trinajstić information content (AvgIpc) is 2.01. The molecule has 0 aliphatic heterocycles. The summed E-state index contributed by atoms with van der Waals surface area (Å²) in [5, 5.41) is 0. The number of carbonyl (C=O) groups excluding carboxylic acids is 2. The molecule has 0 aromatic heterocycles. The van der Waals surface area contributed by atoms with Crippen molar-refractivity contribution < 1.29 is 9.59 Å². The molecular formula is C6H9IN2O2. The van der Waals surface area contributed by atoms with E-state index in [4.69, 9.17) is 0 Å². The Morgan fingerprint density at radius 3 is 2.18 bits per heavy atom. The van der Waals surface area contributed by atoms with Crippen LogP contribution in [0.25, 0.3) is 0 Å². The van der Waals surface area contributed by atoms with Crippen LogP contribution in [0, 0.1) is 0 Å². The van der Waals surface area contributed by atoms with Gasteiger partial charge in [0.05, 0.1) is 0 Å². The van der Waals surface area contributed by atoms with Gasteiger partial charge in [0, 0.05) is 0 Å². The number of hydrogen-bond donors (Lipinski definition) is 0. The maximum atomic E-state index is 9.81.